The van der Waals surface area contributed by atoms with E-state index in [0.29, 0.717) is 31.4 Å². The zero-order valence-electron chi connectivity index (χ0n) is 41.0. The molecule has 3 unspecified atom stereocenters. The van der Waals surface area contributed by atoms with Gasteiger partial charge in [-0.25, -0.2) is 18.3 Å². The molecule has 1 fully saturated rings. The van der Waals surface area contributed by atoms with Gasteiger partial charge in [-0.2, -0.15) is 13.6 Å². The number of unbranched alkanes of at least 4 members (excludes halogenated alkanes) is 2. The number of phosphoric acid groups is 3. The number of H-pyrrole nitrogens is 1. The average Bonchev–Trinajstić information content (AvgIpc) is 3.92. The maximum Gasteiger partial charge on any atom is 0.490 e. The number of aromatic nitrogens is 3. The Labute approximate surface area is 429 Å². The van der Waals surface area contributed by atoms with E-state index in [1.807, 2.05) is 12.1 Å². The minimum atomic E-state index is -5.75. The van der Waals surface area contributed by atoms with Crippen molar-refractivity contribution in [1.82, 2.24) is 24.4 Å². The fraction of sp³-hybridized carbons (Fsp3) is 0.440. The third kappa shape index (κ3) is 10.3. The number of benzene rings is 3. The number of amides is 1. The molecule has 6 aliphatic rings. The molecule has 0 bridgehead atoms. The molecule has 75 heavy (non-hydrogen) atoms. The molecule has 2 aromatic heterocycles. The highest BCUT2D eigenvalue weighted by atomic mass is 31.3. The van der Waals surface area contributed by atoms with Crippen LogP contribution in [-0.2, 0) is 57.3 Å². The minimum absolute atomic E-state index is 0.0178. The highest BCUT2D eigenvalue weighted by Crippen LogP contribution is 2.66. The quantitative estimate of drug-likeness (QED) is 0.0331. The van der Waals surface area contributed by atoms with Gasteiger partial charge in [-0.3, -0.25) is 19.1 Å². The van der Waals surface area contributed by atoms with Crippen molar-refractivity contribution in [3.8, 4) is 23.3 Å². The number of nitrogen functional groups attached to an aromatic ring is 1. The predicted octanol–water partition coefficient (Wildman–Crippen LogP) is 3.99. The molecule has 5 atom stereocenters. The fourth-order valence-electron chi connectivity index (χ4n) is 11.7. The zero-order chi connectivity index (χ0) is 52.6. The van der Waals surface area contributed by atoms with Gasteiger partial charge in [0.25, 0.3) is 11.5 Å². The molecule has 0 saturated carbocycles. The lowest BCUT2D eigenvalue weighted by Crippen LogP contribution is -2.45. The van der Waals surface area contributed by atoms with E-state index in [-0.39, 0.29) is 34.9 Å². The lowest BCUT2D eigenvalue weighted by atomic mass is 9.81. The van der Waals surface area contributed by atoms with Crippen LogP contribution < -0.4 is 41.4 Å². The van der Waals surface area contributed by atoms with E-state index in [0.717, 1.165) is 111 Å². The number of aliphatic hydroxyl groups excluding tert-OH is 1. The van der Waals surface area contributed by atoms with Crippen molar-refractivity contribution in [3.63, 3.8) is 0 Å². The van der Waals surface area contributed by atoms with Gasteiger partial charge >= 0.3 is 23.5 Å². The molecule has 1 amide bonds. The Morgan fingerprint density at radius 1 is 0.947 bits per heavy atom. The second kappa shape index (κ2) is 20.1. The summed E-state index contributed by atoms with van der Waals surface area (Å²) in [6, 6.07) is 10.8. The fourth-order valence-corrected chi connectivity index (χ4v) is 14.8. The normalized spacial score (nSPS) is 21.2. The van der Waals surface area contributed by atoms with Crippen molar-refractivity contribution in [2.45, 2.75) is 102 Å². The summed E-state index contributed by atoms with van der Waals surface area (Å²) in [4.78, 5) is 72.9. The molecule has 6 aliphatic heterocycles. The Bertz CT molecular complexity index is 3610. The molecule has 25 heteroatoms. The van der Waals surface area contributed by atoms with Crippen molar-refractivity contribution < 1.29 is 65.8 Å². The molecular formula is C50H57N7O15P3+. The number of fused-ring (bicyclic) bond motifs is 5. The molecule has 11 rings (SSSR count). The standard InChI is InChI=1S/C50H56N7O15P3/c1-28-22-31(15-16-34(28)41-37-23-29-11-6-18-55-20-8-13-35(42(29)55)44(37)70-45-36-14-9-21-56-19-7-12-30(43(36)56)24-38(41)45)47(59)52-17-5-3-2-4-10-32-26-57(46-40(32)48(60)54-50(51)53-46)49-39(58)25-33(69-49)27-68-74(64,65)72-75(66,67)71-73(61,62)63/h15-16,22-24,26,33,39,49,58H,2-3,5-9,11-14,17-21,25,27H2,1H3,(H7-,51,52,53,54,59,60,61,62,63,64,65,66,67)/p+1/t33-,39?,49+/m0/s1. The van der Waals surface area contributed by atoms with Crippen LogP contribution in [0.1, 0.15) is 112 Å². The van der Waals surface area contributed by atoms with E-state index < -0.39 is 54.1 Å². The molecule has 1 saturated heterocycles. The molecule has 0 aliphatic carbocycles. The van der Waals surface area contributed by atoms with Crippen LogP contribution in [0.4, 0.5) is 11.6 Å². The Morgan fingerprint density at radius 3 is 2.49 bits per heavy atom. The third-order valence-corrected chi connectivity index (χ3v) is 18.5. The third-order valence-electron chi connectivity index (χ3n) is 14.7. The molecule has 0 spiro atoms. The van der Waals surface area contributed by atoms with Gasteiger partial charge < -0.3 is 54.7 Å². The zero-order valence-corrected chi connectivity index (χ0v) is 43.6. The topological polar surface area (TPSA) is 311 Å². The van der Waals surface area contributed by atoms with Gasteiger partial charge in [0.15, 0.2) is 11.9 Å². The number of carbonyl (C=O) groups excluding carboxylic acids is 1. The highest BCUT2D eigenvalue weighted by Gasteiger charge is 2.43. The average molecular weight is 1090 g/mol. The van der Waals surface area contributed by atoms with Crippen molar-refractivity contribution in [3.05, 3.63) is 108 Å². The Morgan fingerprint density at radius 2 is 1.71 bits per heavy atom. The number of aliphatic hydroxyl groups is 1. The summed E-state index contributed by atoms with van der Waals surface area (Å²) in [5, 5.41) is 16.6. The lowest BCUT2D eigenvalue weighted by Gasteiger charge is -2.39. The van der Waals surface area contributed by atoms with Crippen LogP contribution in [0.15, 0.2) is 41.3 Å². The van der Waals surface area contributed by atoms with Crippen molar-refractivity contribution in [2.24, 2.45) is 0 Å². The summed E-state index contributed by atoms with van der Waals surface area (Å²) in [6.07, 6.45) is 7.69. The van der Waals surface area contributed by atoms with E-state index >= 15 is 0 Å². The summed E-state index contributed by atoms with van der Waals surface area (Å²) in [5.41, 5.74) is 17.3. The summed E-state index contributed by atoms with van der Waals surface area (Å²) in [5.74, 6) is 7.63. The number of hydrogen-bond acceptors (Lipinski definition) is 14. The number of aromatic amines is 1. The van der Waals surface area contributed by atoms with Crippen LogP contribution >= 0.6 is 23.5 Å². The first-order valence-corrected chi connectivity index (χ1v) is 29.7. The van der Waals surface area contributed by atoms with Crippen LogP contribution in [-0.4, -0.2) is 96.7 Å². The van der Waals surface area contributed by atoms with Crippen molar-refractivity contribution in [2.75, 3.05) is 50.0 Å². The van der Waals surface area contributed by atoms with E-state index in [4.69, 9.17) is 25.0 Å². The number of nitrogens with one attached hydrogen (secondary N) is 2. The molecule has 396 valence electrons. The smallest absolute Gasteiger partial charge is 0.455 e. The Hall–Kier alpha value is -5.49. The molecular weight excluding hydrogens is 1030 g/mol. The van der Waals surface area contributed by atoms with Gasteiger partial charge in [0.05, 0.1) is 29.2 Å². The number of rotatable bonds is 14. The number of phosphoric ester groups is 1. The molecule has 9 N–H and O–H groups in total. The highest BCUT2D eigenvalue weighted by molar-refractivity contribution is 7.66. The van der Waals surface area contributed by atoms with Crippen LogP contribution in [0.5, 0.6) is 11.5 Å². The first-order chi connectivity index (χ1) is 35.8. The first kappa shape index (κ1) is 51.6. The predicted molar refractivity (Wildman–Crippen MR) is 274 cm³/mol. The number of nitrogens with two attached hydrogens (primary N) is 1. The van der Waals surface area contributed by atoms with Crippen molar-refractivity contribution >= 4 is 57.6 Å². The van der Waals surface area contributed by atoms with Crippen LogP contribution in [0.25, 0.3) is 16.6 Å². The summed E-state index contributed by atoms with van der Waals surface area (Å²) in [6.45, 7) is 5.99. The van der Waals surface area contributed by atoms with Gasteiger partial charge in [0.2, 0.25) is 11.3 Å². The number of hydrogen-bond donors (Lipinski definition) is 8. The molecule has 0 radical (unpaired) electrons. The minimum Gasteiger partial charge on any atom is -0.455 e. The monoisotopic (exact) mass is 1090 g/mol. The molecule has 5 aromatic rings. The summed E-state index contributed by atoms with van der Waals surface area (Å²) < 4.78 is 64.1. The van der Waals surface area contributed by atoms with Gasteiger partial charge in [-0.1, -0.05) is 17.9 Å². The summed E-state index contributed by atoms with van der Waals surface area (Å²) in [7, 11) is -16.8. The van der Waals surface area contributed by atoms with Gasteiger partial charge in [0, 0.05) is 90.2 Å². The van der Waals surface area contributed by atoms with Crippen LogP contribution in [0.2, 0.25) is 0 Å². The SMILES string of the molecule is Cc1cc(C(=O)NCCCCC#Cc2cn([C@@H]3O[C@H](COP(=O)(O)OP(=O)(O)OP(=O)(O)O)CC3O)c3nc(N)[nH]c(=O)c23)ccc1C1=c2cc3c4c(c2Oc2c1cc1c5c2CCCN5CCC1)CCC[N+]=4CCC3. The van der Waals surface area contributed by atoms with E-state index in [1.54, 1.807) is 0 Å². The Balaban J connectivity index is 0.765. The van der Waals surface area contributed by atoms with E-state index in [2.05, 4.69) is 74.9 Å². The maximum absolute atomic E-state index is 13.7. The molecule has 8 heterocycles. The number of ether oxygens (including phenoxy) is 2. The Kier molecular flexibility index (Phi) is 13.9. The van der Waals surface area contributed by atoms with E-state index in [9.17, 15) is 38.2 Å². The first-order valence-electron chi connectivity index (χ1n) is 25.1. The second-order valence-corrected chi connectivity index (χ2v) is 24.2. The van der Waals surface area contributed by atoms with Gasteiger partial charge in [0.1, 0.15) is 30.7 Å². The van der Waals surface area contributed by atoms with Gasteiger partial charge in [-0.05, 0) is 99.2 Å². The van der Waals surface area contributed by atoms with Crippen LogP contribution in [0, 0.1) is 18.8 Å². The molecule has 3 aromatic carbocycles. The number of nitrogens with zero attached hydrogens (tertiary/aromatic N) is 4. The van der Waals surface area contributed by atoms with Gasteiger partial charge in [-0.15, -0.1) is 0 Å². The maximum atomic E-state index is 13.7. The number of anilines is 2. The number of aryl methyl sites for hydroxylation is 3. The second-order valence-electron chi connectivity index (χ2n) is 19.8. The lowest BCUT2D eigenvalue weighted by molar-refractivity contribution is -0.0478. The van der Waals surface area contributed by atoms with Crippen LogP contribution in [0.3, 0.4) is 0 Å². The number of carbonyl (C=O) groups is 1. The largest absolute Gasteiger partial charge is 0.490 e. The summed E-state index contributed by atoms with van der Waals surface area (Å²) >= 11 is 0. The molecule has 22 nitrogen and oxygen atoms in total. The van der Waals surface area contributed by atoms with Crippen molar-refractivity contribution in [1.29, 1.82) is 0 Å². The van der Waals surface area contributed by atoms with E-state index in [1.165, 1.54) is 49.6 Å².